The van der Waals surface area contributed by atoms with Crippen molar-refractivity contribution in [3.63, 3.8) is 0 Å². The van der Waals surface area contributed by atoms with Gasteiger partial charge in [0.15, 0.2) is 0 Å². The topological polar surface area (TPSA) is 259 Å². The fraction of sp³-hybridized carbons (Fsp3) is 0. The standard InChI is InChI=1S/2C3H6N6.CN/c2*4-1-7-2(5)9-3(6)8-1;1-2/h2*(H6,4,5,6,7,8,9);/q;;-1/p+1. The molecule has 0 amide bonds. The largest absolute Gasteiger partial charge is 0.512 e. The van der Waals surface area contributed by atoms with Crippen LogP contribution in [0.4, 0.5) is 35.7 Å². The van der Waals surface area contributed by atoms with Gasteiger partial charge in [0.1, 0.15) is 0 Å². The third kappa shape index (κ3) is 6.15. The third-order valence-corrected chi connectivity index (χ3v) is 1.41. The summed E-state index contributed by atoms with van der Waals surface area (Å²) in [7, 11) is 0. The van der Waals surface area contributed by atoms with Crippen LogP contribution in [0.3, 0.4) is 0 Å². The highest BCUT2D eigenvalue weighted by molar-refractivity contribution is 5.33. The first kappa shape index (κ1) is 16.3. The molecule has 2 rings (SSSR count). The predicted octanol–water partition coefficient (Wildman–Crippen LogP) is -3.25. The molecule has 2 aromatic heterocycles. The third-order valence-electron chi connectivity index (χ3n) is 1.41. The molecule has 0 aliphatic carbocycles. The Labute approximate surface area is 113 Å². The Morgan fingerprint density at radius 1 is 0.600 bits per heavy atom. The summed E-state index contributed by atoms with van der Waals surface area (Å²) in [5, 5.41) is 6.25. The van der Waals surface area contributed by atoms with Crippen molar-refractivity contribution in [2.75, 3.05) is 34.4 Å². The number of anilines is 6. The van der Waals surface area contributed by atoms with Crippen LogP contribution >= 0.6 is 0 Å². The molecule has 2 heterocycles. The van der Waals surface area contributed by atoms with Gasteiger partial charge in [-0.05, 0) is 0 Å². The van der Waals surface area contributed by atoms with Gasteiger partial charge in [0, 0.05) is 0 Å². The van der Waals surface area contributed by atoms with Gasteiger partial charge in [-0.2, -0.15) is 15.0 Å². The molecule has 0 saturated heterocycles. The summed E-state index contributed by atoms with van der Waals surface area (Å²) in [4.78, 5) is 20.0. The molecule has 0 spiro atoms. The minimum Gasteiger partial charge on any atom is -0.512 e. The normalized spacial score (nSPS) is 8.50. The first-order chi connectivity index (χ1) is 9.36. The van der Waals surface area contributed by atoms with Gasteiger partial charge in [-0.15, -0.1) is 0 Å². The van der Waals surface area contributed by atoms with E-state index in [2.05, 4.69) is 29.9 Å². The number of nitrogen functional groups attached to an aromatic ring is 6. The lowest BCUT2D eigenvalue weighted by Gasteiger charge is -1.93. The number of nitrogens with one attached hydrogen (secondary N) is 1. The van der Waals surface area contributed by atoms with Crippen LogP contribution in [0.15, 0.2) is 0 Å². The maximum absolute atomic E-state index is 6.25. The molecule has 13 nitrogen and oxygen atoms in total. The SMILES string of the molecule is Nc1nc(N)[nH+]c(N)n1.Nc1nc(N)nc(N)n1.[C-]#N. The molecule has 0 fully saturated rings. The number of rotatable bonds is 0. The second-order valence-corrected chi connectivity index (χ2v) is 2.89. The monoisotopic (exact) mass is 279 g/mol. The molecule has 0 saturated carbocycles. The van der Waals surface area contributed by atoms with Gasteiger partial charge >= 0.3 is 17.8 Å². The average molecular weight is 279 g/mol. The predicted molar refractivity (Wildman–Crippen MR) is 69.9 cm³/mol. The molecule has 0 aromatic carbocycles. The number of H-pyrrole nitrogens is 1. The Bertz CT molecular complexity index is 428. The minimum atomic E-state index is 0.0417. The van der Waals surface area contributed by atoms with E-state index in [9.17, 15) is 0 Å². The number of nitrogens with two attached hydrogens (primary N) is 6. The molecule has 13 N–H and O–H groups in total. The van der Waals surface area contributed by atoms with E-state index in [1.54, 1.807) is 0 Å². The number of nitrogens with zero attached hydrogens (tertiary/aromatic N) is 6. The van der Waals surface area contributed by atoms with Crippen LogP contribution in [0.25, 0.3) is 0 Å². The van der Waals surface area contributed by atoms with E-state index in [1.165, 1.54) is 0 Å². The zero-order valence-electron chi connectivity index (χ0n) is 10.1. The van der Waals surface area contributed by atoms with Crippen molar-refractivity contribution in [3.8, 4) is 0 Å². The van der Waals surface area contributed by atoms with Gasteiger partial charge < -0.3 is 46.2 Å². The Balaban J connectivity index is 0.000000321. The quantitative estimate of drug-likeness (QED) is 0.259. The van der Waals surface area contributed by atoms with Gasteiger partial charge in [0.2, 0.25) is 17.8 Å². The molecule has 20 heavy (non-hydrogen) atoms. The molecule has 0 radical (unpaired) electrons. The molecule has 0 aliphatic heterocycles. The molecule has 106 valence electrons. The van der Waals surface area contributed by atoms with Gasteiger partial charge in [-0.3, -0.25) is 0 Å². The van der Waals surface area contributed by atoms with Gasteiger partial charge in [-0.1, -0.05) is 9.97 Å². The summed E-state index contributed by atoms with van der Waals surface area (Å²) in [6, 6.07) is 0. The lowest BCUT2D eigenvalue weighted by atomic mass is 10.9. The average Bonchev–Trinajstić information content (AvgIpc) is 2.28. The minimum absolute atomic E-state index is 0.0417. The van der Waals surface area contributed by atoms with E-state index in [4.69, 9.17) is 46.2 Å². The second-order valence-electron chi connectivity index (χ2n) is 2.89. The number of hydrogen-bond donors (Lipinski definition) is 6. The molecule has 0 aliphatic rings. The first-order valence-electron chi connectivity index (χ1n) is 4.69. The number of hydrogen-bond acceptors (Lipinski definition) is 12. The van der Waals surface area contributed by atoms with Crippen LogP contribution in [0.1, 0.15) is 0 Å². The van der Waals surface area contributed by atoms with Crippen molar-refractivity contribution in [3.05, 3.63) is 6.57 Å². The molecule has 0 bridgehead atoms. The summed E-state index contributed by atoms with van der Waals surface area (Å²) in [6.07, 6.45) is 0. The molecular formula is C7H13N13. The Morgan fingerprint density at radius 2 is 0.850 bits per heavy atom. The summed E-state index contributed by atoms with van der Waals surface area (Å²) in [5.41, 5.74) is 31.0. The maximum Gasteiger partial charge on any atom is 0.320 e. The Kier molecular flexibility index (Phi) is 6.20. The smallest absolute Gasteiger partial charge is 0.320 e. The zero-order valence-corrected chi connectivity index (χ0v) is 10.1. The highest BCUT2D eigenvalue weighted by atomic mass is 15.2. The highest BCUT2D eigenvalue weighted by Crippen LogP contribution is 1.97. The molecule has 2 aromatic rings. The van der Waals surface area contributed by atoms with Crippen molar-refractivity contribution < 1.29 is 4.98 Å². The summed E-state index contributed by atoms with van der Waals surface area (Å²) >= 11 is 0. The lowest BCUT2D eigenvalue weighted by Crippen LogP contribution is -2.20. The van der Waals surface area contributed by atoms with E-state index in [0.717, 1.165) is 0 Å². The Hall–Kier alpha value is -3.69. The summed E-state index contributed by atoms with van der Waals surface area (Å²) in [6.45, 7) is 4.75. The van der Waals surface area contributed by atoms with Crippen LogP contribution < -0.4 is 39.4 Å². The molecule has 0 unspecified atom stereocenters. The van der Waals surface area contributed by atoms with Crippen LogP contribution in [-0.4, -0.2) is 24.9 Å². The highest BCUT2D eigenvalue weighted by Gasteiger charge is 2.01. The Morgan fingerprint density at radius 3 is 1.10 bits per heavy atom. The fourth-order valence-corrected chi connectivity index (χ4v) is 0.886. The number of aromatic amines is 1. The van der Waals surface area contributed by atoms with Crippen molar-refractivity contribution in [2.45, 2.75) is 0 Å². The molecule has 0 atom stereocenters. The fourth-order valence-electron chi connectivity index (χ4n) is 0.886. The van der Waals surface area contributed by atoms with Crippen LogP contribution in [-0.2, 0) is 0 Å². The molecule has 13 heteroatoms. The molecular weight excluding hydrogens is 266 g/mol. The van der Waals surface area contributed by atoms with E-state index < -0.39 is 0 Å². The van der Waals surface area contributed by atoms with Gasteiger partial charge in [0.05, 0.1) is 0 Å². The lowest BCUT2D eigenvalue weighted by molar-refractivity contribution is -0.350. The van der Waals surface area contributed by atoms with Crippen molar-refractivity contribution in [1.29, 1.82) is 5.26 Å². The summed E-state index contributed by atoms with van der Waals surface area (Å²) in [5.74, 6) is 0.531. The maximum atomic E-state index is 6.25. The van der Waals surface area contributed by atoms with Crippen molar-refractivity contribution in [2.24, 2.45) is 0 Å². The van der Waals surface area contributed by atoms with Crippen LogP contribution in [0.5, 0.6) is 0 Å². The van der Waals surface area contributed by atoms with Crippen LogP contribution in [0, 0.1) is 11.8 Å². The van der Waals surface area contributed by atoms with Gasteiger partial charge in [0.25, 0.3) is 0 Å². The van der Waals surface area contributed by atoms with E-state index in [-0.39, 0.29) is 35.7 Å². The number of aromatic nitrogens is 6. The van der Waals surface area contributed by atoms with Crippen molar-refractivity contribution in [1.82, 2.24) is 24.9 Å². The van der Waals surface area contributed by atoms with E-state index >= 15 is 0 Å². The first-order valence-corrected chi connectivity index (χ1v) is 4.69. The van der Waals surface area contributed by atoms with Crippen molar-refractivity contribution >= 4 is 35.7 Å². The van der Waals surface area contributed by atoms with Crippen LogP contribution in [0.2, 0.25) is 0 Å². The second kappa shape index (κ2) is 7.60. The zero-order chi connectivity index (χ0) is 15.7. The van der Waals surface area contributed by atoms with E-state index in [1.807, 2.05) is 0 Å². The van der Waals surface area contributed by atoms with E-state index in [0.29, 0.717) is 0 Å². The summed E-state index contributed by atoms with van der Waals surface area (Å²) < 4.78 is 0. The van der Waals surface area contributed by atoms with Gasteiger partial charge in [-0.25, -0.2) is 4.98 Å².